The summed E-state index contributed by atoms with van der Waals surface area (Å²) in [7, 11) is 0. The average molecular weight is 138 g/mol. The molecule has 0 aliphatic carbocycles. The van der Waals surface area contributed by atoms with E-state index in [1.807, 2.05) is 0 Å². The van der Waals surface area contributed by atoms with Crippen LogP contribution >= 0.6 is 0 Å². The molecule has 10 heavy (non-hydrogen) atoms. The van der Waals surface area contributed by atoms with Crippen molar-refractivity contribution in [3.05, 3.63) is 35.6 Å². The van der Waals surface area contributed by atoms with Gasteiger partial charge in [-0.2, -0.15) is 0 Å². The summed E-state index contributed by atoms with van der Waals surface area (Å²) in [5.41, 5.74) is 4.69. The Morgan fingerprint density at radius 3 is 2.80 bits per heavy atom. The smallest absolute Gasteiger partial charge is 0.251 e. The first kappa shape index (κ1) is 6.74. The van der Waals surface area contributed by atoms with Gasteiger partial charge in [-0.15, -0.1) is 0 Å². The second kappa shape index (κ2) is 2.47. The fourth-order valence-corrected chi connectivity index (χ4v) is 0.607. The summed E-state index contributed by atoms with van der Waals surface area (Å²) in [6.45, 7) is 0. The van der Waals surface area contributed by atoms with E-state index in [4.69, 9.17) is 5.73 Å². The minimum Gasteiger partial charge on any atom is -0.366 e. The molecule has 0 unspecified atom stereocenters. The Balaban J connectivity index is 3.15. The molecule has 0 aromatic heterocycles. The molecule has 1 rings (SSSR count). The predicted molar refractivity (Wildman–Crippen MR) is 33.8 cm³/mol. The molecule has 0 fully saturated rings. The summed E-state index contributed by atoms with van der Waals surface area (Å²) in [6, 6.07) is 6.41. The molecule has 0 aliphatic heterocycles. The fraction of sp³-hybridized carbons (Fsp3) is 0. The highest BCUT2D eigenvalue weighted by molar-refractivity contribution is 5.92. The fourth-order valence-electron chi connectivity index (χ4n) is 0.607. The molecule has 1 radical (unpaired) electrons. The largest absolute Gasteiger partial charge is 0.366 e. The standard InChI is InChI=1S/C7H5FNO/c8-6-4-2-1-3-5(6)7(9)10/h1-3H,(H2,9,10). The van der Waals surface area contributed by atoms with Crippen LogP contribution in [0.25, 0.3) is 0 Å². The Kier molecular flexibility index (Phi) is 1.67. The lowest BCUT2D eigenvalue weighted by atomic mass is 10.2. The highest BCUT2D eigenvalue weighted by Gasteiger charge is 2.04. The first-order valence-corrected chi connectivity index (χ1v) is 2.68. The lowest BCUT2D eigenvalue weighted by molar-refractivity contribution is 0.0996. The third-order valence-corrected chi connectivity index (χ3v) is 1.07. The van der Waals surface area contributed by atoms with Crippen molar-refractivity contribution < 1.29 is 9.18 Å². The van der Waals surface area contributed by atoms with Crippen molar-refractivity contribution >= 4 is 5.91 Å². The monoisotopic (exact) mass is 138 g/mol. The molecule has 0 atom stereocenters. The van der Waals surface area contributed by atoms with Crippen molar-refractivity contribution in [2.24, 2.45) is 5.73 Å². The average Bonchev–Trinajstić information content (AvgIpc) is 1.88. The van der Waals surface area contributed by atoms with Crippen LogP contribution in [-0.4, -0.2) is 5.91 Å². The maximum atomic E-state index is 12.5. The van der Waals surface area contributed by atoms with Crippen LogP contribution < -0.4 is 5.73 Å². The van der Waals surface area contributed by atoms with Gasteiger partial charge >= 0.3 is 0 Å². The van der Waals surface area contributed by atoms with Gasteiger partial charge in [0.1, 0.15) is 5.82 Å². The number of rotatable bonds is 1. The zero-order valence-electron chi connectivity index (χ0n) is 5.10. The normalized spacial score (nSPS) is 9.30. The van der Waals surface area contributed by atoms with Crippen molar-refractivity contribution in [3.8, 4) is 0 Å². The molecule has 0 saturated carbocycles. The van der Waals surface area contributed by atoms with E-state index in [2.05, 4.69) is 6.07 Å². The number of nitrogens with two attached hydrogens (primary N) is 1. The van der Waals surface area contributed by atoms with E-state index in [1.54, 1.807) is 0 Å². The van der Waals surface area contributed by atoms with Gasteiger partial charge in [-0.3, -0.25) is 4.79 Å². The van der Waals surface area contributed by atoms with E-state index >= 15 is 0 Å². The lowest BCUT2D eigenvalue weighted by Gasteiger charge is -1.93. The zero-order valence-corrected chi connectivity index (χ0v) is 5.10. The molecule has 3 heteroatoms. The van der Waals surface area contributed by atoms with Crippen LogP contribution in [0.4, 0.5) is 4.39 Å². The first-order chi connectivity index (χ1) is 4.72. The maximum Gasteiger partial charge on any atom is 0.251 e. The Bertz CT molecular complexity index is 260. The first-order valence-electron chi connectivity index (χ1n) is 2.68. The molecular weight excluding hydrogens is 133 g/mol. The minimum atomic E-state index is -0.769. The van der Waals surface area contributed by atoms with Crippen molar-refractivity contribution in [3.63, 3.8) is 0 Å². The van der Waals surface area contributed by atoms with Gasteiger partial charge in [0.05, 0.1) is 5.56 Å². The van der Waals surface area contributed by atoms with E-state index in [1.165, 1.54) is 18.2 Å². The van der Waals surface area contributed by atoms with Crippen molar-refractivity contribution in [1.29, 1.82) is 0 Å². The summed E-state index contributed by atoms with van der Waals surface area (Å²) < 4.78 is 12.5. The quantitative estimate of drug-likeness (QED) is 0.610. The molecule has 0 spiro atoms. The van der Waals surface area contributed by atoms with Gasteiger partial charge in [0.15, 0.2) is 0 Å². The van der Waals surface area contributed by atoms with E-state index in [9.17, 15) is 9.18 Å². The number of hydrogen-bond acceptors (Lipinski definition) is 1. The number of amides is 1. The second-order valence-electron chi connectivity index (χ2n) is 1.76. The molecule has 0 aliphatic rings. The van der Waals surface area contributed by atoms with Crippen LogP contribution in [0.2, 0.25) is 0 Å². The van der Waals surface area contributed by atoms with Gasteiger partial charge in [0, 0.05) is 6.07 Å². The molecule has 2 nitrogen and oxygen atoms in total. The van der Waals surface area contributed by atoms with E-state index in [-0.39, 0.29) is 5.56 Å². The van der Waals surface area contributed by atoms with Gasteiger partial charge in [-0.05, 0) is 6.07 Å². The number of primary amides is 1. The number of carbonyl (C=O) groups excluding carboxylic acids is 1. The highest BCUT2D eigenvalue weighted by atomic mass is 19.1. The van der Waals surface area contributed by atoms with E-state index < -0.39 is 11.7 Å². The number of benzene rings is 1. The van der Waals surface area contributed by atoms with Gasteiger partial charge in [0.25, 0.3) is 5.91 Å². The van der Waals surface area contributed by atoms with Crippen molar-refractivity contribution in [1.82, 2.24) is 0 Å². The molecule has 1 aromatic rings. The molecule has 0 heterocycles. The Morgan fingerprint density at radius 1 is 1.70 bits per heavy atom. The molecule has 2 N–H and O–H groups in total. The van der Waals surface area contributed by atoms with Crippen LogP contribution in [-0.2, 0) is 0 Å². The lowest BCUT2D eigenvalue weighted by Crippen LogP contribution is -2.12. The Morgan fingerprint density at radius 2 is 2.40 bits per heavy atom. The Labute approximate surface area is 57.5 Å². The molecule has 51 valence electrons. The molecule has 0 saturated heterocycles. The summed E-state index contributed by atoms with van der Waals surface area (Å²) >= 11 is 0. The van der Waals surface area contributed by atoms with Gasteiger partial charge in [0.2, 0.25) is 0 Å². The highest BCUT2D eigenvalue weighted by Crippen LogP contribution is 2.03. The summed E-state index contributed by atoms with van der Waals surface area (Å²) in [5, 5.41) is 0. The number of halogens is 1. The SMILES string of the molecule is NC(=O)c1ccc[c]c1F. The number of carbonyl (C=O) groups is 1. The van der Waals surface area contributed by atoms with Crippen molar-refractivity contribution in [2.45, 2.75) is 0 Å². The summed E-state index contributed by atoms with van der Waals surface area (Å²) in [6.07, 6.45) is 0. The Hall–Kier alpha value is -1.38. The predicted octanol–water partition coefficient (Wildman–Crippen LogP) is 0.725. The zero-order chi connectivity index (χ0) is 7.56. The second-order valence-corrected chi connectivity index (χ2v) is 1.76. The van der Waals surface area contributed by atoms with Gasteiger partial charge < -0.3 is 5.73 Å². The number of hydrogen-bond donors (Lipinski definition) is 1. The summed E-state index contributed by atoms with van der Waals surface area (Å²) in [5.74, 6) is -1.47. The van der Waals surface area contributed by atoms with E-state index in [0.717, 1.165) is 0 Å². The van der Waals surface area contributed by atoms with Crippen LogP contribution in [0.15, 0.2) is 18.2 Å². The van der Waals surface area contributed by atoms with Crippen LogP contribution in [0, 0.1) is 11.9 Å². The van der Waals surface area contributed by atoms with Gasteiger partial charge in [-0.1, -0.05) is 12.1 Å². The molecule has 0 bridgehead atoms. The summed E-state index contributed by atoms with van der Waals surface area (Å²) in [4.78, 5) is 10.4. The van der Waals surface area contributed by atoms with E-state index in [0.29, 0.717) is 0 Å². The minimum absolute atomic E-state index is 0.123. The molecule has 1 aromatic carbocycles. The molecule has 1 amide bonds. The topological polar surface area (TPSA) is 43.1 Å². The third-order valence-electron chi connectivity index (χ3n) is 1.07. The van der Waals surface area contributed by atoms with Crippen LogP contribution in [0.3, 0.4) is 0 Å². The maximum absolute atomic E-state index is 12.5. The van der Waals surface area contributed by atoms with Crippen molar-refractivity contribution in [2.75, 3.05) is 0 Å². The molecular formula is C7H5FNO. The van der Waals surface area contributed by atoms with Crippen LogP contribution in [0.5, 0.6) is 0 Å². The van der Waals surface area contributed by atoms with Gasteiger partial charge in [-0.25, -0.2) is 4.39 Å². The van der Waals surface area contributed by atoms with Crippen LogP contribution in [0.1, 0.15) is 10.4 Å². The third kappa shape index (κ3) is 1.13.